The van der Waals surface area contributed by atoms with E-state index in [1.54, 1.807) is 0 Å². The molecule has 0 spiro atoms. The molecule has 4 rings (SSSR count). The van der Waals surface area contributed by atoms with E-state index < -0.39 is 72.4 Å². The molecule has 12 heteroatoms. The average molecular weight is 747 g/mol. The molecule has 0 aromatic carbocycles. The first-order valence-electron chi connectivity index (χ1n) is 19.2. The summed E-state index contributed by atoms with van der Waals surface area (Å²) < 4.78 is 34.5. The molecule has 1 heterocycles. The van der Waals surface area contributed by atoms with E-state index in [1.807, 2.05) is 13.8 Å². The van der Waals surface area contributed by atoms with Gasteiger partial charge in [0.05, 0.1) is 17.8 Å². The van der Waals surface area contributed by atoms with Crippen molar-refractivity contribution in [1.29, 1.82) is 0 Å². The Morgan fingerprint density at radius 1 is 0.962 bits per heavy atom. The number of rotatable bonds is 13. The molecule has 11 atom stereocenters. The molecule has 0 bridgehead atoms. The van der Waals surface area contributed by atoms with Crippen molar-refractivity contribution < 1.29 is 57.8 Å². The lowest BCUT2D eigenvalue weighted by molar-refractivity contribution is -0.328. The summed E-state index contributed by atoms with van der Waals surface area (Å²) in [6.07, 6.45) is 6.05. The molecule has 0 aromatic heterocycles. The van der Waals surface area contributed by atoms with Crippen LogP contribution < -0.4 is 0 Å². The summed E-state index contributed by atoms with van der Waals surface area (Å²) in [5, 5.41) is 20.5. The standard InChI is InChI=1S/C41H62O12/c1-23(32-16-17-33-29(13-11-19-41(32,33)9)14-15-30-20-31(46)21-34(47)24(30)2)12-10-18-40(7,8)53-39-38(51-28(6)45)37(50-27(5)44)36(49-26(4)43)35(52-39)22-48-25(3)42/h14-15,23,31-39,46-47H,2,10-13,16-22H2,1,3-9H3/b29-14+,30-15-/t23-,31-,32-,33+,34+,35-,36-,37+,38-,39+,41-/m1/s1. The molecule has 0 amide bonds. The van der Waals surface area contributed by atoms with E-state index in [-0.39, 0.29) is 12.0 Å². The van der Waals surface area contributed by atoms with Gasteiger partial charge in [-0.1, -0.05) is 51.0 Å². The Morgan fingerprint density at radius 2 is 1.60 bits per heavy atom. The van der Waals surface area contributed by atoms with Crippen molar-refractivity contribution in [3.63, 3.8) is 0 Å². The maximum absolute atomic E-state index is 12.3. The summed E-state index contributed by atoms with van der Waals surface area (Å²) in [6.45, 7) is 17.2. The quantitative estimate of drug-likeness (QED) is 0.172. The van der Waals surface area contributed by atoms with Gasteiger partial charge in [0.2, 0.25) is 0 Å². The minimum atomic E-state index is -1.28. The molecule has 3 saturated carbocycles. The van der Waals surface area contributed by atoms with Crippen molar-refractivity contribution in [2.24, 2.45) is 23.2 Å². The Labute approximate surface area is 314 Å². The third-order valence-electron chi connectivity index (χ3n) is 11.8. The molecule has 1 saturated heterocycles. The van der Waals surface area contributed by atoms with Gasteiger partial charge in [-0.05, 0) is 93.1 Å². The highest BCUT2D eigenvalue weighted by Crippen LogP contribution is 2.60. The summed E-state index contributed by atoms with van der Waals surface area (Å²) >= 11 is 0. The number of hydrogen-bond donors (Lipinski definition) is 2. The van der Waals surface area contributed by atoms with Crippen molar-refractivity contribution in [1.82, 2.24) is 0 Å². The largest absolute Gasteiger partial charge is 0.463 e. The maximum Gasteiger partial charge on any atom is 0.303 e. The van der Waals surface area contributed by atoms with Gasteiger partial charge in [0, 0.05) is 34.1 Å². The van der Waals surface area contributed by atoms with Crippen LogP contribution in [0.4, 0.5) is 0 Å². The molecule has 4 fully saturated rings. The lowest BCUT2D eigenvalue weighted by Crippen LogP contribution is -2.63. The van der Waals surface area contributed by atoms with E-state index in [9.17, 15) is 29.4 Å². The fourth-order valence-corrected chi connectivity index (χ4v) is 9.39. The van der Waals surface area contributed by atoms with Crippen LogP contribution in [0.1, 0.15) is 120 Å². The van der Waals surface area contributed by atoms with Gasteiger partial charge >= 0.3 is 23.9 Å². The van der Waals surface area contributed by atoms with Gasteiger partial charge in [-0.3, -0.25) is 19.2 Å². The topological polar surface area (TPSA) is 164 Å². The molecule has 0 aromatic rings. The van der Waals surface area contributed by atoms with Crippen molar-refractivity contribution in [3.8, 4) is 0 Å². The highest BCUT2D eigenvalue weighted by molar-refractivity contribution is 5.68. The summed E-state index contributed by atoms with van der Waals surface area (Å²) in [6, 6.07) is 0. The Hall–Kier alpha value is -3.06. The summed E-state index contributed by atoms with van der Waals surface area (Å²) in [7, 11) is 0. The van der Waals surface area contributed by atoms with E-state index in [0.29, 0.717) is 42.6 Å². The first-order chi connectivity index (χ1) is 24.8. The molecule has 12 nitrogen and oxygen atoms in total. The number of carbonyl (C=O) groups excluding carboxylic acids is 4. The van der Waals surface area contributed by atoms with Crippen LogP contribution >= 0.6 is 0 Å². The number of aliphatic hydroxyl groups excluding tert-OH is 2. The molecular weight excluding hydrogens is 684 g/mol. The smallest absolute Gasteiger partial charge is 0.303 e. The van der Waals surface area contributed by atoms with Crippen LogP contribution in [0.5, 0.6) is 0 Å². The van der Waals surface area contributed by atoms with Crippen LogP contribution in [0, 0.1) is 23.2 Å². The molecule has 53 heavy (non-hydrogen) atoms. The van der Waals surface area contributed by atoms with Crippen molar-refractivity contribution in [3.05, 3.63) is 35.5 Å². The monoisotopic (exact) mass is 746 g/mol. The van der Waals surface area contributed by atoms with E-state index >= 15 is 0 Å². The number of esters is 4. The summed E-state index contributed by atoms with van der Waals surface area (Å²) in [5.74, 6) is -1.12. The lowest BCUT2D eigenvalue weighted by Gasteiger charge is -2.46. The Morgan fingerprint density at radius 3 is 2.25 bits per heavy atom. The van der Waals surface area contributed by atoms with Gasteiger partial charge in [-0.25, -0.2) is 0 Å². The minimum absolute atomic E-state index is 0.185. The molecule has 1 aliphatic heterocycles. The van der Waals surface area contributed by atoms with Gasteiger partial charge in [-0.2, -0.15) is 0 Å². The molecule has 0 unspecified atom stereocenters. The number of ether oxygens (including phenoxy) is 6. The zero-order valence-corrected chi connectivity index (χ0v) is 32.9. The van der Waals surface area contributed by atoms with Crippen molar-refractivity contribution in [2.75, 3.05) is 6.61 Å². The van der Waals surface area contributed by atoms with Crippen LogP contribution in [0.3, 0.4) is 0 Å². The van der Waals surface area contributed by atoms with Gasteiger partial charge in [-0.15, -0.1) is 0 Å². The third kappa shape index (κ3) is 11.0. The number of allylic oxidation sites excluding steroid dienone is 3. The Bertz CT molecular complexity index is 1410. The molecule has 298 valence electrons. The van der Waals surface area contributed by atoms with Crippen molar-refractivity contribution >= 4 is 23.9 Å². The molecule has 3 aliphatic carbocycles. The Balaban J connectivity index is 1.43. The average Bonchev–Trinajstić information content (AvgIpc) is 3.40. The second-order valence-corrected chi connectivity index (χ2v) is 16.5. The highest BCUT2D eigenvalue weighted by atomic mass is 16.7. The predicted molar refractivity (Wildman–Crippen MR) is 195 cm³/mol. The van der Waals surface area contributed by atoms with Crippen LogP contribution in [0.15, 0.2) is 35.5 Å². The van der Waals surface area contributed by atoms with Crippen LogP contribution in [-0.4, -0.2) is 89.2 Å². The highest BCUT2D eigenvalue weighted by Gasteiger charge is 2.54. The second-order valence-electron chi connectivity index (χ2n) is 16.5. The third-order valence-corrected chi connectivity index (χ3v) is 11.8. The van der Waals surface area contributed by atoms with E-state index in [2.05, 4.69) is 32.6 Å². The summed E-state index contributed by atoms with van der Waals surface area (Å²) in [4.78, 5) is 48.3. The molecule has 2 N–H and O–H groups in total. The summed E-state index contributed by atoms with van der Waals surface area (Å²) in [5.41, 5.74) is 2.52. The number of carbonyl (C=O) groups is 4. The van der Waals surface area contributed by atoms with Gasteiger partial charge in [0.1, 0.15) is 12.7 Å². The lowest BCUT2D eigenvalue weighted by atomic mass is 9.60. The number of hydrogen-bond acceptors (Lipinski definition) is 12. The van der Waals surface area contributed by atoms with Crippen molar-refractivity contribution in [2.45, 2.75) is 168 Å². The predicted octanol–water partition coefficient (Wildman–Crippen LogP) is 5.81. The fourth-order valence-electron chi connectivity index (χ4n) is 9.39. The minimum Gasteiger partial charge on any atom is -0.463 e. The molecule has 4 aliphatic rings. The van der Waals surface area contributed by atoms with Crippen LogP contribution in [-0.2, 0) is 47.6 Å². The second kappa shape index (κ2) is 18.0. The number of fused-ring (bicyclic) bond motifs is 1. The zero-order chi connectivity index (χ0) is 39.2. The van der Waals surface area contributed by atoms with Crippen LogP contribution in [0.25, 0.3) is 0 Å². The van der Waals surface area contributed by atoms with Gasteiger partial charge in [0.25, 0.3) is 0 Å². The maximum atomic E-state index is 12.3. The van der Waals surface area contributed by atoms with Gasteiger partial charge in [0.15, 0.2) is 24.6 Å². The van der Waals surface area contributed by atoms with Gasteiger partial charge < -0.3 is 38.6 Å². The van der Waals surface area contributed by atoms with E-state index in [4.69, 9.17) is 28.4 Å². The van der Waals surface area contributed by atoms with E-state index in [1.165, 1.54) is 39.7 Å². The molecular formula is C41H62O12. The Kier molecular flexibility index (Phi) is 14.5. The number of aliphatic hydroxyl groups is 2. The fraction of sp³-hybridized carbons (Fsp3) is 0.756. The normalized spacial score (nSPS) is 35.4. The van der Waals surface area contributed by atoms with E-state index in [0.717, 1.165) is 44.1 Å². The SMILES string of the molecule is C=C1/C(=C\C=C2/CCC[C@]3(C)[C@@H]([C@H](C)CCCC(C)(C)O[C@@H]4O[C@H](COC(C)=O)[C@@H](OC(C)=O)[C@H](OC(C)=O)[C@H]4OC(C)=O)CC[C@@H]23)C[C@@H](O)C[C@@H]1O. The zero-order valence-electron chi connectivity index (χ0n) is 32.9. The van der Waals surface area contributed by atoms with Crippen LogP contribution in [0.2, 0.25) is 0 Å². The first-order valence-corrected chi connectivity index (χ1v) is 19.2. The molecule has 0 radical (unpaired) electrons. The first kappa shape index (κ1) is 42.7.